The summed E-state index contributed by atoms with van der Waals surface area (Å²) in [5, 5.41) is 12.5. The summed E-state index contributed by atoms with van der Waals surface area (Å²) in [5.41, 5.74) is 2.81. The van der Waals surface area contributed by atoms with Gasteiger partial charge in [0.2, 0.25) is 0 Å². The molecule has 0 amide bonds. The number of nitrogens with zero attached hydrogens (tertiary/aromatic N) is 1. The van der Waals surface area contributed by atoms with Gasteiger partial charge < -0.3 is 10.5 Å². The minimum atomic E-state index is -0.787. The molecule has 0 aliphatic carbocycles. The third kappa shape index (κ3) is 1.96. The lowest BCUT2D eigenvalue weighted by Gasteiger charge is -2.13. The molecular formula is C8H14N2O2. The van der Waals surface area contributed by atoms with E-state index in [2.05, 4.69) is 17.5 Å². The first-order valence-electron chi connectivity index (χ1n) is 4.27. The predicted molar refractivity (Wildman–Crippen MR) is 46.1 cm³/mol. The van der Waals surface area contributed by atoms with Gasteiger partial charge >= 0.3 is 5.97 Å². The van der Waals surface area contributed by atoms with Crippen molar-refractivity contribution in [3.63, 3.8) is 0 Å². The largest absolute Gasteiger partial charge is 0.481 e. The molecule has 4 heteroatoms. The molecule has 0 bridgehead atoms. The van der Waals surface area contributed by atoms with Crippen LogP contribution in [0.25, 0.3) is 0 Å². The van der Waals surface area contributed by atoms with Crippen molar-refractivity contribution < 1.29 is 9.90 Å². The molecule has 0 fully saturated rings. The number of carboxylic acids is 1. The molecule has 12 heavy (non-hydrogen) atoms. The molecule has 0 saturated carbocycles. The second kappa shape index (κ2) is 4.09. The van der Waals surface area contributed by atoms with Gasteiger partial charge in [0.25, 0.3) is 0 Å². The summed E-state index contributed by atoms with van der Waals surface area (Å²) in [5.74, 6) is -1.22. The minimum absolute atomic E-state index is 0.00227. The van der Waals surface area contributed by atoms with E-state index in [4.69, 9.17) is 5.11 Å². The number of unbranched alkanes of at least 4 members (excludes halogenated alkanes) is 1. The zero-order valence-electron chi connectivity index (χ0n) is 7.16. The maximum atomic E-state index is 10.6. The first-order chi connectivity index (χ1) is 5.75. The Balaban J connectivity index is 2.39. The Bertz CT molecular complexity index is 191. The van der Waals surface area contributed by atoms with Crippen molar-refractivity contribution in [3.05, 3.63) is 0 Å². The average Bonchev–Trinajstić information content (AvgIpc) is 2.48. The summed E-state index contributed by atoms with van der Waals surface area (Å²) in [6, 6.07) is 0.00227. The molecule has 0 aromatic heterocycles. The molecule has 2 unspecified atom stereocenters. The van der Waals surface area contributed by atoms with Gasteiger partial charge in [-0.2, -0.15) is 5.10 Å². The number of hydrogen-bond acceptors (Lipinski definition) is 3. The molecule has 1 heterocycles. The molecule has 0 aromatic carbocycles. The van der Waals surface area contributed by atoms with Crippen LogP contribution in [0.15, 0.2) is 5.10 Å². The van der Waals surface area contributed by atoms with Gasteiger partial charge in [-0.15, -0.1) is 0 Å². The van der Waals surface area contributed by atoms with Crippen LogP contribution in [0, 0.1) is 5.92 Å². The SMILES string of the molecule is CCCCC1NN=CC1C(=O)O. The van der Waals surface area contributed by atoms with E-state index in [0.29, 0.717) is 0 Å². The van der Waals surface area contributed by atoms with Gasteiger partial charge in [-0.1, -0.05) is 19.8 Å². The molecule has 1 aliphatic rings. The molecule has 0 aromatic rings. The molecule has 4 nitrogen and oxygen atoms in total. The van der Waals surface area contributed by atoms with E-state index in [0.717, 1.165) is 19.3 Å². The van der Waals surface area contributed by atoms with Crippen molar-refractivity contribution in [2.24, 2.45) is 11.0 Å². The smallest absolute Gasteiger partial charge is 0.314 e. The summed E-state index contributed by atoms with van der Waals surface area (Å²) >= 11 is 0. The van der Waals surface area contributed by atoms with Gasteiger partial charge in [0.1, 0.15) is 5.92 Å². The Morgan fingerprint density at radius 1 is 1.75 bits per heavy atom. The highest BCUT2D eigenvalue weighted by Gasteiger charge is 2.29. The maximum Gasteiger partial charge on any atom is 0.314 e. The number of rotatable bonds is 4. The van der Waals surface area contributed by atoms with Crippen LogP contribution in [0.1, 0.15) is 26.2 Å². The Morgan fingerprint density at radius 2 is 2.50 bits per heavy atom. The standard InChI is InChI=1S/C8H14N2O2/c1-2-3-4-7-6(8(11)12)5-9-10-7/h5-7,10H,2-4H2,1H3,(H,11,12). The average molecular weight is 170 g/mol. The first-order valence-corrected chi connectivity index (χ1v) is 4.27. The Kier molecular flexibility index (Phi) is 3.08. The third-order valence-electron chi connectivity index (χ3n) is 2.06. The molecule has 2 N–H and O–H groups in total. The van der Waals surface area contributed by atoms with Gasteiger partial charge in [-0.3, -0.25) is 4.79 Å². The molecule has 0 spiro atoms. The van der Waals surface area contributed by atoms with Crippen molar-refractivity contribution in [1.29, 1.82) is 0 Å². The van der Waals surface area contributed by atoms with Crippen LogP contribution in [-0.4, -0.2) is 23.3 Å². The lowest BCUT2D eigenvalue weighted by molar-refractivity contribution is -0.139. The highest BCUT2D eigenvalue weighted by atomic mass is 16.4. The number of nitrogens with one attached hydrogen (secondary N) is 1. The first kappa shape index (κ1) is 9.03. The van der Waals surface area contributed by atoms with Gasteiger partial charge in [-0.05, 0) is 6.42 Å². The third-order valence-corrected chi connectivity index (χ3v) is 2.06. The van der Waals surface area contributed by atoms with Crippen LogP contribution in [0.5, 0.6) is 0 Å². The van der Waals surface area contributed by atoms with Gasteiger partial charge in [0.15, 0.2) is 0 Å². The van der Waals surface area contributed by atoms with E-state index in [9.17, 15) is 4.79 Å². The normalized spacial score (nSPS) is 27.1. The van der Waals surface area contributed by atoms with Crippen LogP contribution >= 0.6 is 0 Å². The van der Waals surface area contributed by atoms with Crippen molar-refractivity contribution >= 4 is 12.2 Å². The second-order valence-electron chi connectivity index (χ2n) is 3.02. The molecule has 1 aliphatic heterocycles. The van der Waals surface area contributed by atoms with E-state index >= 15 is 0 Å². The maximum absolute atomic E-state index is 10.6. The van der Waals surface area contributed by atoms with Crippen LogP contribution in [0.2, 0.25) is 0 Å². The summed E-state index contributed by atoms with van der Waals surface area (Å²) in [7, 11) is 0. The van der Waals surface area contributed by atoms with Crippen LogP contribution < -0.4 is 5.43 Å². The van der Waals surface area contributed by atoms with E-state index in [1.54, 1.807) is 0 Å². The fourth-order valence-corrected chi connectivity index (χ4v) is 1.31. The summed E-state index contributed by atoms with van der Waals surface area (Å²) < 4.78 is 0. The number of hydrogen-bond donors (Lipinski definition) is 2. The highest BCUT2D eigenvalue weighted by Crippen LogP contribution is 2.13. The summed E-state index contributed by atoms with van der Waals surface area (Å²) in [6.45, 7) is 2.09. The van der Waals surface area contributed by atoms with Gasteiger partial charge in [-0.25, -0.2) is 0 Å². The Hall–Kier alpha value is -1.06. The Labute approximate surface area is 71.7 Å². The Morgan fingerprint density at radius 3 is 3.08 bits per heavy atom. The van der Waals surface area contributed by atoms with E-state index in [1.165, 1.54) is 6.21 Å². The second-order valence-corrected chi connectivity index (χ2v) is 3.02. The summed E-state index contributed by atoms with van der Waals surface area (Å²) in [4.78, 5) is 10.6. The molecule has 0 radical (unpaired) electrons. The van der Waals surface area contributed by atoms with Crippen molar-refractivity contribution in [2.45, 2.75) is 32.2 Å². The number of carboxylic acid groups (broad SMARTS) is 1. The van der Waals surface area contributed by atoms with Crippen molar-refractivity contribution in [3.8, 4) is 0 Å². The van der Waals surface area contributed by atoms with Crippen molar-refractivity contribution in [2.75, 3.05) is 0 Å². The molecule has 0 saturated heterocycles. The fraction of sp³-hybridized carbons (Fsp3) is 0.750. The molecule has 1 rings (SSSR count). The highest BCUT2D eigenvalue weighted by molar-refractivity contribution is 5.90. The van der Waals surface area contributed by atoms with Crippen LogP contribution in [0.4, 0.5) is 0 Å². The zero-order valence-corrected chi connectivity index (χ0v) is 7.16. The lowest BCUT2D eigenvalue weighted by atomic mass is 9.98. The fourth-order valence-electron chi connectivity index (χ4n) is 1.31. The quantitative estimate of drug-likeness (QED) is 0.657. The number of carbonyl (C=O) groups is 1. The van der Waals surface area contributed by atoms with Crippen molar-refractivity contribution in [1.82, 2.24) is 5.43 Å². The van der Waals surface area contributed by atoms with Crippen LogP contribution in [-0.2, 0) is 4.79 Å². The topological polar surface area (TPSA) is 61.7 Å². The van der Waals surface area contributed by atoms with E-state index < -0.39 is 11.9 Å². The molecule has 2 atom stereocenters. The molecular weight excluding hydrogens is 156 g/mol. The monoisotopic (exact) mass is 170 g/mol. The van der Waals surface area contributed by atoms with Gasteiger partial charge in [0, 0.05) is 6.21 Å². The number of hydrazone groups is 1. The zero-order chi connectivity index (χ0) is 8.97. The van der Waals surface area contributed by atoms with Gasteiger partial charge in [0.05, 0.1) is 6.04 Å². The lowest BCUT2D eigenvalue weighted by Crippen LogP contribution is -2.32. The van der Waals surface area contributed by atoms with E-state index in [1.807, 2.05) is 0 Å². The van der Waals surface area contributed by atoms with Crippen LogP contribution in [0.3, 0.4) is 0 Å². The number of aliphatic carboxylic acids is 1. The molecule has 68 valence electrons. The predicted octanol–water partition coefficient (Wildman–Crippen LogP) is 0.835. The summed E-state index contributed by atoms with van der Waals surface area (Å²) in [6.07, 6.45) is 4.49. The van der Waals surface area contributed by atoms with E-state index in [-0.39, 0.29) is 6.04 Å². The minimum Gasteiger partial charge on any atom is -0.481 e.